The average molecular weight is 470 g/mol. The van der Waals surface area contributed by atoms with Crippen LogP contribution in [0.5, 0.6) is 0 Å². The van der Waals surface area contributed by atoms with E-state index in [0.717, 1.165) is 25.2 Å². The first kappa shape index (κ1) is 24.0. The maximum absolute atomic E-state index is 13.7. The second-order valence-electron chi connectivity index (χ2n) is 8.83. The van der Waals surface area contributed by atoms with E-state index in [2.05, 4.69) is 4.90 Å². The molecule has 2 amide bonds. The van der Waals surface area contributed by atoms with E-state index in [-0.39, 0.29) is 11.8 Å². The van der Waals surface area contributed by atoms with Gasteiger partial charge in [-0.25, -0.2) is 0 Å². The van der Waals surface area contributed by atoms with Gasteiger partial charge in [0.25, 0.3) is 0 Å². The highest BCUT2D eigenvalue weighted by Gasteiger charge is 2.45. The Morgan fingerprint density at radius 1 is 0.879 bits per heavy atom. The van der Waals surface area contributed by atoms with Gasteiger partial charge in [0.2, 0.25) is 11.8 Å². The van der Waals surface area contributed by atoms with Crippen LogP contribution in [0.4, 0.5) is 13.2 Å². The highest BCUT2D eigenvalue weighted by atomic mass is 19.4. The second-order valence-corrected chi connectivity index (χ2v) is 8.83. The van der Waals surface area contributed by atoms with Gasteiger partial charge in [-0.2, -0.15) is 13.2 Å². The Hall–Kier alpha value is -2.17. The van der Waals surface area contributed by atoms with Crippen LogP contribution in [0.1, 0.15) is 24.0 Å². The van der Waals surface area contributed by atoms with Crippen molar-refractivity contribution in [1.82, 2.24) is 14.7 Å². The molecule has 1 aromatic rings. The molecule has 7 nitrogen and oxygen atoms in total. The van der Waals surface area contributed by atoms with Gasteiger partial charge in [0.1, 0.15) is 0 Å². The fourth-order valence-corrected chi connectivity index (χ4v) is 4.85. The number of benzene rings is 1. The molecular weight excluding hydrogens is 439 g/mol. The van der Waals surface area contributed by atoms with Crippen molar-refractivity contribution in [2.24, 2.45) is 0 Å². The van der Waals surface area contributed by atoms with Crippen molar-refractivity contribution >= 4 is 11.8 Å². The summed E-state index contributed by atoms with van der Waals surface area (Å²) in [5.41, 5.74) is -1.41. The topological polar surface area (TPSA) is 62.3 Å². The number of halogens is 3. The molecule has 182 valence electrons. The Morgan fingerprint density at radius 3 is 2.12 bits per heavy atom. The van der Waals surface area contributed by atoms with Gasteiger partial charge in [-0.15, -0.1) is 0 Å². The van der Waals surface area contributed by atoms with Crippen molar-refractivity contribution in [2.75, 3.05) is 72.2 Å². The van der Waals surface area contributed by atoms with Crippen LogP contribution in [0.2, 0.25) is 0 Å². The zero-order chi connectivity index (χ0) is 23.5. The third-order valence-electron chi connectivity index (χ3n) is 6.88. The molecule has 3 aliphatic heterocycles. The summed E-state index contributed by atoms with van der Waals surface area (Å²) >= 11 is 0. The molecule has 1 aromatic carbocycles. The summed E-state index contributed by atoms with van der Waals surface area (Å²) in [5, 5.41) is 0. The number of morpholine rings is 1. The predicted octanol–water partition coefficient (Wildman–Crippen LogP) is 1.76. The molecule has 0 saturated carbocycles. The number of rotatable bonds is 4. The van der Waals surface area contributed by atoms with E-state index < -0.39 is 17.2 Å². The van der Waals surface area contributed by atoms with Crippen LogP contribution in [0, 0.1) is 0 Å². The monoisotopic (exact) mass is 469 g/mol. The van der Waals surface area contributed by atoms with Gasteiger partial charge >= 0.3 is 6.18 Å². The van der Waals surface area contributed by atoms with Crippen LogP contribution in [0.25, 0.3) is 0 Å². The summed E-state index contributed by atoms with van der Waals surface area (Å²) in [6.45, 7) is 5.26. The molecule has 0 unspecified atom stereocenters. The Morgan fingerprint density at radius 2 is 1.48 bits per heavy atom. The molecule has 0 aromatic heterocycles. The van der Waals surface area contributed by atoms with Crippen LogP contribution >= 0.6 is 0 Å². The van der Waals surface area contributed by atoms with Gasteiger partial charge in [0.15, 0.2) is 0 Å². The third kappa shape index (κ3) is 5.33. The SMILES string of the molecule is O=C(CN1CCOCC1)N1CCN(C(=O)C2(c3cccc(C(F)(F)F)c3)CCOCC2)CC1. The van der Waals surface area contributed by atoms with Crippen LogP contribution < -0.4 is 0 Å². The van der Waals surface area contributed by atoms with Crippen molar-refractivity contribution in [1.29, 1.82) is 0 Å². The minimum absolute atomic E-state index is 0.0302. The maximum Gasteiger partial charge on any atom is 0.416 e. The van der Waals surface area contributed by atoms with E-state index in [0.29, 0.717) is 77.6 Å². The van der Waals surface area contributed by atoms with E-state index >= 15 is 0 Å². The van der Waals surface area contributed by atoms with Crippen LogP contribution in [0.15, 0.2) is 24.3 Å². The Bertz CT molecular complexity index is 844. The average Bonchev–Trinajstić information content (AvgIpc) is 2.84. The van der Waals surface area contributed by atoms with Gasteiger partial charge in [-0.1, -0.05) is 18.2 Å². The summed E-state index contributed by atoms with van der Waals surface area (Å²) < 4.78 is 50.8. The molecule has 4 rings (SSSR count). The molecule has 0 radical (unpaired) electrons. The van der Waals surface area contributed by atoms with Crippen LogP contribution in [0.3, 0.4) is 0 Å². The summed E-state index contributed by atoms with van der Waals surface area (Å²) in [6, 6.07) is 5.11. The highest BCUT2D eigenvalue weighted by molar-refractivity contribution is 5.89. The van der Waals surface area contributed by atoms with Gasteiger partial charge in [0, 0.05) is 52.5 Å². The van der Waals surface area contributed by atoms with Gasteiger partial charge in [-0.3, -0.25) is 14.5 Å². The van der Waals surface area contributed by atoms with E-state index in [4.69, 9.17) is 9.47 Å². The number of carbonyl (C=O) groups is 2. The number of piperazine rings is 1. The molecular formula is C23H30F3N3O4. The number of ether oxygens (including phenoxy) is 2. The fourth-order valence-electron chi connectivity index (χ4n) is 4.85. The van der Waals surface area contributed by atoms with Crippen molar-refractivity contribution in [2.45, 2.75) is 24.4 Å². The van der Waals surface area contributed by atoms with Crippen LogP contribution in [-0.4, -0.2) is 98.8 Å². The quantitative estimate of drug-likeness (QED) is 0.673. The predicted molar refractivity (Wildman–Crippen MR) is 114 cm³/mol. The lowest BCUT2D eigenvalue weighted by atomic mass is 9.72. The zero-order valence-electron chi connectivity index (χ0n) is 18.6. The zero-order valence-corrected chi connectivity index (χ0v) is 18.6. The van der Waals surface area contributed by atoms with Crippen molar-refractivity contribution < 1.29 is 32.2 Å². The lowest BCUT2D eigenvalue weighted by Crippen LogP contribution is -2.57. The van der Waals surface area contributed by atoms with Crippen LogP contribution in [-0.2, 0) is 30.7 Å². The normalized spacial score (nSPS) is 22.3. The first-order valence-electron chi connectivity index (χ1n) is 11.4. The van der Waals surface area contributed by atoms with Gasteiger partial charge in [0.05, 0.1) is 30.7 Å². The number of alkyl halides is 3. The molecule has 3 heterocycles. The first-order chi connectivity index (χ1) is 15.8. The minimum atomic E-state index is -4.47. The summed E-state index contributed by atoms with van der Waals surface area (Å²) in [5.74, 6) is -0.145. The van der Waals surface area contributed by atoms with Crippen molar-refractivity contribution in [3.63, 3.8) is 0 Å². The number of hydrogen-bond acceptors (Lipinski definition) is 5. The largest absolute Gasteiger partial charge is 0.416 e. The van der Waals surface area contributed by atoms with E-state index in [1.54, 1.807) is 15.9 Å². The van der Waals surface area contributed by atoms with Crippen molar-refractivity contribution in [3.05, 3.63) is 35.4 Å². The standard InChI is InChI=1S/C23H30F3N3O4/c24-23(25,26)19-3-1-2-18(16-19)22(4-12-32-13-5-22)21(31)29-8-6-28(7-9-29)20(30)17-27-10-14-33-15-11-27/h1-3,16H,4-15,17H2. The Kier molecular flexibility index (Phi) is 7.25. The number of amides is 2. The second kappa shape index (κ2) is 9.99. The lowest BCUT2D eigenvalue weighted by Gasteiger charge is -2.43. The molecule has 0 N–H and O–H groups in total. The smallest absolute Gasteiger partial charge is 0.381 e. The number of carbonyl (C=O) groups excluding carboxylic acids is 2. The molecule has 0 bridgehead atoms. The molecule has 0 spiro atoms. The molecule has 0 aliphatic carbocycles. The highest BCUT2D eigenvalue weighted by Crippen LogP contribution is 2.39. The minimum Gasteiger partial charge on any atom is -0.381 e. The van der Waals surface area contributed by atoms with Gasteiger partial charge < -0.3 is 19.3 Å². The molecule has 3 saturated heterocycles. The summed E-state index contributed by atoms with van der Waals surface area (Å²) in [6.07, 6.45) is -3.80. The molecule has 3 fully saturated rings. The Labute approximate surface area is 191 Å². The number of nitrogens with zero attached hydrogens (tertiary/aromatic N) is 3. The van der Waals surface area contributed by atoms with E-state index in [9.17, 15) is 22.8 Å². The lowest BCUT2D eigenvalue weighted by molar-refractivity contribution is -0.147. The summed E-state index contributed by atoms with van der Waals surface area (Å²) in [7, 11) is 0. The molecule has 10 heteroatoms. The third-order valence-corrected chi connectivity index (χ3v) is 6.88. The maximum atomic E-state index is 13.7. The molecule has 0 atom stereocenters. The first-order valence-corrected chi connectivity index (χ1v) is 11.4. The molecule has 3 aliphatic rings. The van der Waals surface area contributed by atoms with Crippen molar-refractivity contribution in [3.8, 4) is 0 Å². The summed E-state index contributed by atoms with van der Waals surface area (Å²) in [4.78, 5) is 31.9. The molecule has 33 heavy (non-hydrogen) atoms. The van der Waals surface area contributed by atoms with E-state index in [1.807, 2.05) is 0 Å². The van der Waals surface area contributed by atoms with E-state index in [1.165, 1.54) is 6.07 Å². The van der Waals surface area contributed by atoms with Gasteiger partial charge in [-0.05, 0) is 24.5 Å². The fraction of sp³-hybridized carbons (Fsp3) is 0.652. The number of hydrogen-bond donors (Lipinski definition) is 0. The Balaban J connectivity index is 1.44.